The van der Waals surface area contributed by atoms with Crippen LogP contribution >= 0.6 is 0 Å². The van der Waals surface area contributed by atoms with Crippen molar-refractivity contribution in [2.24, 2.45) is 0 Å². The van der Waals surface area contributed by atoms with Gasteiger partial charge in [-0.15, -0.1) is 0 Å². The van der Waals surface area contributed by atoms with E-state index in [0.29, 0.717) is 0 Å². The highest BCUT2D eigenvalue weighted by atomic mass is 16.3. The number of aromatic nitrogens is 1. The van der Waals surface area contributed by atoms with Crippen LogP contribution in [-0.4, -0.2) is 4.57 Å². The molecule has 60 heavy (non-hydrogen) atoms. The molecule has 0 unspecified atom stereocenters. The van der Waals surface area contributed by atoms with Crippen LogP contribution in [0.25, 0.3) is 94.0 Å². The molecule has 0 aliphatic carbocycles. The molecule has 0 aliphatic heterocycles. The third-order valence-corrected chi connectivity index (χ3v) is 11.8. The van der Waals surface area contributed by atoms with Crippen molar-refractivity contribution in [3.05, 3.63) is 218 Å². The van der Waals surface area contributed by atoms with E-state index >= 15 is 0 Å². The zero-order valence-corrected chi connectivity index (χ0v) is 32.5. The van der Waals surface area contributed by atoms with Gasteiger partial charge in [-0.1, -0.05) is 152 Å². The van der Waals surface area contributed by atoms with Gasteiger partial charge in [0.1, 0.15) is 11.2 Å². The second-order valence-corrected chi connectivity index (χ2v) is 15.3. The number of fused-ring (bicyclic) bond motifs is 8. The zero-order chi connectivity index (χ0) is 39.6. The van der Waals surface area contributed by atoms with Gasteiger partial charge >= 0.3 is 0 Å². The predicted molar refractivity (Wildman–Crippen MR) is 249 cm³/mol. The van der Waals surface area contributed by atoms with E-state index in [-0.39, 0.29) is 0 Å². The Balaban J connectivity index is 0.960. The summed E-state index contributed by atoms with van der Waals surface area (Å²) in [6.45, 7) is 0. The topological polar surface area (TPSA) is 34.5 Å². The van der Waals surface area contributed by atoms with Crippen molar-refractivity contribution in [3.8, 4) is 39.1 Å². The molecule has 0 aliphatic rings. The molecule has 282 valence electrons. The third-order valence-electron chi connectivity index (χ3n) is 11.8. The Morgan fingerprint density at radius 2 is 0.850 bits per heavy atom. The second kappa shape index (κ2) is 13.8. The maximum atomic E-state index is 6.62. The number of hydrogen-bond acceptors (Lipinski definition) is 3. The van der Waals surface area contributed by atoms with E-state index in [2.05, 4.69) is 198 Å². The van der Waals surface area contributed by atoms with Crippen molar-refractivity contribution in [1.82, 2.24) is 4.57 Å². The molecule has 0 bridgehead atoms. The van der Waals surface area contributed by atoms with Gasteiger partial charge in [-0.05, 0) is 100 Å². The summed E-state index contributed by atoms with van der Waals surface area (Å²) >= 11 is 0. The molecule has 4 nitrogen and oxygen atoms in total. The molecule has 0 saturated heterocycles. The summed E-state index contributed by atoms with van der Waals surface area (Å²) in [4.78, 5) is 2.31. The first-order chi connectivity index (χ1) is 29.7. The van der Waals surface area contributed by atoms with Crippen molar-refractivity contribution in [3.63, 3.8) is 0 Å². The minimum atomic E-state index is 0.855. The molecular weight excluding hydrogens is 733 g/mol. The molecule has 0 amide bonds. The van der Waals surface area contributed by atoms with Crippen molar-refractivity contribution in [2.75, 3.05) is 4.90 Å². The van der Waals surface area contributed by atoms with E-state index in [9.17, 15) is 0 Å². The zero-order valence-electron chi connectivity index (χ0n) is 32.5. The minimum Gasteiger partial charge on any atom is -0.454 e. The first kappa shape index (κ1) is 34.0. The van der Waals surface area contributed by atoms with Gasteiger partial charge < -0.3 is 13.7 Å². The van der Waals surface area contributed by atoms with Gasteiger partial charge in [0.15, 0.2) is 5.58 Å². The lowest BCUT2D eigenvalue weighted by molar-refractivity contribution is 0.645. The maximum Gasteiger partial charge on any atom is 0.213 e. The fourth-order valence-electron chi connectivity index (χ4n) is 8.93. The van der Waals surface area contributed by atoms with Crippen LogP contribution in [0.3, 0.4) is 0 Å². The van der Waals surface area contributed by atoms with E-state index in [4.69, 9.17) is 8.83 Å². The quantitative estimate of drug-likeness (QED) is 0.162. The standard InChI is InChI=1S/C56H36N2O2/c1-3-12-37(13-4-1)38-22-24-39(25-23-38)40-26-31-44(32-27-40)57(51-19-11-18-47-46-16-7-9-20-52(46)59-55(47)51)45-33-28-41(29-34-45)42-30-35-50-49(36-42)54-48-17-8-10-21-53(48)60-56(54)58(50)43-14-5-2-6-15-43/h1-36H. The number of para-hydroxylation sites is 4. The Kier molecular flexibility index (Phi) is 7.82. The smallest absolute Gasteiger partial charge is 0.213 e. The number of anilines is 3. The lowest BCUT2D eigenvalue weighted by Gasteiger charge is -2.26. The molecule has 0 N–H and O–H groups in total. The van der Waals surface area contributed by atoms with Crippen LogP contribution in [0, 0.1) is 0 Å². The molecule has 0 saturated carbocycles. The first-order valence-electron chi connectivity index (χ1n) is 20.3. The molecule has 0 radical (unpaired) electrons. The summed E-state index contributed by atoms with van der Waals surface area (Å²) in [6, 6.07) is 77.3. The lowest BCUT2D eigenvalue weighted by Crippen LogP contribution is -2.10. The van der Waals surface area contributed by atoms with Crippen molar-refractivity contribution >= 4 is 72.0 Å². The van der Waals surface area contributed by atoms with Crippen LogP contribution < -0.4 is 4.90 Å². The normalized spacial score (nSPS) is 11.7. The Hall–Kier alpha value is -8.08. The highest BCUT2D eigenvalue weighted by Gasteiger charge is 2.22. The maximum absolute atomic E-state index is 6.62. The average Bonchev–Trinajstić information content (AvgIpc) is 3.99. The van der Waals surface area contributed by atoms with E-state index in [1.54, 1.807) is 0 Å². The first-order valence-corrected chi connectivity index (χ1v) is 20.3. The Bertz CT molecular complexity index is 3500. The second-order valence-electron chi connectivity index (χ2n) is 15.3. The van der Waals surface area contributed by atoms with Gasteiger partial charge in [0.05, 0.1) is 16.6 Å². The Morgan fingerprint density at radius 3 is 1.52 bits per heavy atom. The van der Waals surface area contributed by atoms with Gasteiger partial charge in [0.25, 0.3) is 0 Å². The van der Waals surface area contributed by atoms with Crippen LogP contribution in [0.15, 0.2) is 227 Å². The number of rotatable bonds is 7. The Morgan fingerprint density at radius 1 is 0.350 bits per heavy atom. The summed E-state index contributed by atoms with van der Waals surface area (Å²) < 4.78 is 15.4. The summed E-state index contributed by atoms with van der Waals surface area (Å²) in [5.41, 5.74) is 15.7. The molecule has 0 spiro atoms. The fourth-order valence-corrected chi connectivity index (χ4v) is 8.93. The summed E-state index contributed by atoms with van der Waals surface area (Å²) in [5.74, 6) is 0. The summed E-state index contributed by atoms with van der Waals surface area (Å²) in [7, 11) is 0. The molecular formula is C56H36N2O2. The van der Waals surface area contributed by atoms with Crippen LogP contribution in [0.5, 0.6) is 0 Å². The van der Waals surface area contributed by atoms with Crippen LogP contribution in [0.4, 0.5) is 17.1 Å². The minimum absolute atomic E-state index is 0.855. The van der Waals surface area contributed by atoms with Gasteiger partial charge in [-0.25, -0.2) is 0 Å². The molecule has 0 fully saturated rings. The van der Waals surface area contributed by atoms with E-state index in [1.807, 2.05) is 30.3 Å². The lowest BCUT2D eigenvalue weighted by atomic mass is 10.00. The van der Waals surface area contributed by atoms with Gasteiger partial charge in [-0.2, -0.15) is 0 Å². The van der Waals surface area contributed by atoms with Gasteiger partial charge in [0, 0.05) is 38.6 Å². The molecule has 12 aromatic rings. The van der Waals surface area contributed by atoms with Gasteiger partial charge in [-0.3, -0.25) is 4.57 Å². The van der Waals surface area contributed by atoms with E-state index in [1.165, 1.54) is 16.7 Å². The Labute approximate surface area is 346 Å². The van der Waals surface area contributed by atoms with Crippen molar-refractivity contribution in [1.29, 1.82) is 0 Å². The highest BCUT2D eigenvalue weighted by molar-refractivity contribution is 6.20. The molecule has 3 aromatic heterocycles. The average molecular weight is 769 g/mol. The van der Waals surface area contributed by atoms with Crippen molar-refractivity contribution < 1.29 is 8.83 Å². The van der Waals surface area contributed by atoms with Crippen LogP contribution in [-0.2, 0) is 0 Å². The third kappa shape index (κ3) is 5.53. The number of nitrogens with zero attached hydrogens (tertiary/aromatic N) is 2. The predicted octanol–water partition coefficient (Wildman–Crippen LogP) is 15.9. The van der Waals surface area contributed by atoms with E-state index < -0.39 is 0 Å². The molecule has 12 rings (SSSR count). The molecule has 4 heteroatoms. The van der Waals surface area contributed by atoms with Gasteiger partial charge in [0.2, 0.25) is 5.71 Å². The summed E-state index contributed by atoms with van der Waals surface area (Å²) in [5, 5.41) is 5.60. The van der Waals surface area contributed by atoms with E-state index in [0.717, 1.165) is 94.4 Å². The molecule has 3 heterocycles. The largest absolute Gasteiger partial charge is 0.454 e. The monoisotopic (exact) mass is 768 g/mol. The highest BCUT2D eigenvalue weighted by Crippen LogP contribution is 2.44. The molecule has 0 atom stereocenters. The van der Waals surface area contributed by atoms with Crippen LogP contribution in [0.1, 0.15) is 0 Å². The molecule has 9 aromatic carbocycles. The number of furan rings is 2. The fraction of sp³-hybridized carbons (Fsp3) is 0. The SMILES string of the molecule is c1ccc(-c2ccc(-c3ccc(N(c4ccc(-c5ccc6c(c5)c5c7ccccc7oc5n6-c5ccccc5)cc4)c4cccc5c4oc4ccccc45)cc3)cc2)cc1. The number of benzene rings is 9. The van der Waals surface area contributed by atoms with Crippen molar-refractivity contribution in [2.45, 2.75) is 0 Å². The number of hydrogen-bond donors (Lipinski definition) is 0. The van der Waals surface area contributed by atoms with Crippen LogP contribution in [0.2, 0.25) is 0 Å². The summed E-state index contributed by atoms with van der Waals surface area (Å²) in [6.07, 6.45) is 0.